The summed E-state index contributed by atoms with van der Waals surface area (Å²) in [4.78, 5) is 11.4. The number of hydrogen-bond donors (Lipinski definition) is 2. The molecule has 1 atom stereocenters. The molecule has 0 aromatic heterocycles. The SMILES string of the molecule is NS(=O)(=O)C1(N2CCCC2)CC(C(=O)O)=CC=C1Oc1ccc(Cl)cc1. The van der Waals surface area contributed by atoms with Gasteiger partial charge in [-0.2, -0.15) is 0 Å². The van der Waals surface area contributed by atoms with E-state index in [4.69, 9.17) is 21.5 Å². The third kappa shape index (κ3) is 3.37. The van der Waals surface area contributed by atoms with E-state index in [2.05, 4.69) is 0 Å². The van der Waals surface area contributed by atoms with Gasteiger partial charge in [0.15, 0.2) is 0 Å². The van der Waals surface area contributed by atoms with Crippen molar-refractivity contribution in [2.75, 3.05) is 13.1 Å². The fraction of sp³-hybridized carbons (Fsp3) is 0.353. The zero-order valence-electron chi connectivity index (χ0n) is 13.9. The second-order valence-corrected chi connectivity index (χ2v) is 8.49. The average Bonchev–Trinajstić information content (AvgIpc) is 3.10. The van der Waals surface area contributed by atoms with Crippen LogP contribution in [0.4, 0.5) is 0 Å². The molecule has 1 heterocycles. The number of nitrogens with two attached hydrogens (primary N) is 1. The Labute approximate surface area is 156 Å². The van der Waals surface area contributed by atoms with Gasteiger partial charge in [0, 0.05) is 30.1 Å². The second-order valence-electron chi connectivity index (χ2n) is 6.28. The van der Waals surface area contributed by atoms with Crippen molar-refractivity contribution >= 4 is 27.6 Å². The number of nitrogens with zero attached hydrogens (tertiary/aromatic N) is 1. The molecule has 0 amide bonds. The van der Waals surface area contributed by atoms with Gasteiger partial charge in [0.25, 0.3) is 0 Å². The number of sulfonamides is 1. The number of allylic oxidation sites excluding steroid dienone is 2. The molecule has 0 saturated carbocycles. The zero-order chi connectivity index (χ0) is 18.9. The number of hydrogen-bond acceptors (Lipinski definition) is 5. The van der Waals surface area contributed by atoms with E-state index in [-0.39, 0.29) is 17.8 Å². The number of aliphatic carboxylic acids is 1. The van der Waals surface area contributed by atoms with Crippen LogP contribution in [0.2, 0.25) is 5.02 Å². The second kappa shape index (κ2) is 7.03. The number of ether oxygens (including phenoxy) is 1. The van der Waals surface area contributed by atoms with Crippen LogP contribution in [0.15, 0.2) is 47.7 Å². The molecule has 0 bridgehead atoms. The van der Waals surface area contributed by atoms with E-state index < -0.39 is 20.9 Å². The molecule has 1 unspecified atom stereocenters. The maximum Gasteiger partial charge on any atom is 0.331 e. The maximum atomic E-state index is 12.7. The summed E-state index contributed by atoms with van der Waals surface area (Å²) in [6, 6.07) is 6.45. The van der Waals surface area contributed by atoms with Crippen molar-refractivity contribution in [2.45, 2.75) is 24.1 Å². The lowest BCUT2D eigenvalue weighted by Gasteiger charge is -2.42. The van der Waals surface area contributed by atoms with Crippen molar-refractivity contribution < 1.29 is 23.1 Å². The van der Waals surface area contributed by atoms with Gasteiger partial charge in [0.1, 0.15) is 11.5 Å². The Morgan fingerprint density at radius 1 is 1.19 bits per heavy atom. The van der Waals surface area contributed by atoms with Crippen molar-refractivity contribution in [2.24, 2.45) is 5.14 Å². The van der Waals surface area contributed by atoms with Crippen molar-refractivity contribution in [1.29, 1.82) is 0 Å². The number of benzene rings is 1. The van der Waals surface area contributed by atoms with Gasteiger partial charge in [-0.15, -0.1) is 0 Å². The Morgan fingerprint density at radius 3 is 2.35 bits per heavy atom. The van der Waals surface area contributed by atoms with E-state index in [9.17, 15) is 18.3 Å². The van der Waals surface area contributed by atoms with Gasteiger partial charge in [0.05, 0.1) is 0 Å². The van der Waals surface area contributed by atoms with Crippen LogP contribution >= 0.6 is 11.6 Å². The molecule has 7 nitrogen and oxygen atoms in total. The maximum absolute atomic E-state index is 12.7. The molecule has 3 N–H and O–H groups in total. The van der Waals surface area contributed by atoms with Gasteiger partial charge in [-0.1, -0.05) is 11.6 Å². The number of primary sulfonamides is 1. The minimum atomic E-state index is -4.21. The first-order chi connectivity index (χ1) is 12.2. The highest BCUT2D eigenvalue weighted by Crippen LogP contribution is 2.41. The van der Waals surface area contributed by atoms with Gasteiger partial charge >= 0.3 is 5.97 Å². The largest absolute Gasteiger partial charge is 0.478 e. The van der Waals surface area contributed by atoms with Crippen LogP contribution in [-0.4, -0.2) is 42.4 Å². The molecule has 26 heavy (non-hydrogen) atoms. The Hall–Kier alpha value is -1.87. The summed E-state index contributed by atoms with van der Waals surface area (Å²) in [6.07, 6.45) is 4.06. The van der Waals surface area contributed by atoms with Crippen LogP contribution < -0.4 is 9.88 Å². The topological polar surface area (TPSA) is 110 Å². The molecule has 1 saturated heterocycles. The summed E-state index contributed by atoms with van der Waals surface area (Å²) >= 11 is 5.87. The molecule has 1 aromatic rings. The fourth-order valence-corrected chi connectivity index (χ4v) is 4.78. The molecule has 1 aliphatic heterocycles. The predicted molar refractivity (Wildman–Crippen MR) is 97.1 cm³/mol. The first-order valence-electron chi connectivity index (χ1n) is 8.09. The highest BCUT2D eigenvalue weighted by Gasteiger charge is 2.54. The van der Waals surface area contributed by atoms with E-state index in [1.54, 1.807) is 29.2 Å². The number of halogens is 1. The number of carbonyl (C=O) groups is 1. The molecule has 3 rings (SSSR count). The molecule has 2 aliphatic rings. The highest BCUT2D eigenvalue weighted by atomic mass is 35.5. The van der Waals surface area contributed by atoms with Crippen LogP contribution in [-0.2, 0) is 14.8 Å². The molecule has 140 valence electrons. The van der Waals surface area contributed by atoms with E-state index in [1.165, 1.54) is 12.2 Å². The van der Waals surface area contributed by atoms with Crippen molar-refractivity contribution in [3.8, 4) is 5.75 Å². The summed E-state index contributed by atoms with van der Waals surface area (Å²) in [5, 5.41) is 15.5. The molecule has 1 aliphatic carbocycles. The van der Waals surface area contributed by atoms with E-state index in [0.29, 0.717) is 23.9 Å². The van der Waals surface area contributed by atoms with Crippen molar-refractivity contribution in [3.05, 3.63) is 52.8 Å². The summed E-state index contributed by atoms with van der Waals surface area (Å²) in [6.45, 7) is 0.981. The van der Waals surface area contributed by atoms with Crippen LogP contribution in [0.3, 0.4) is 0 Å². The van der Waals surface area contributed by atoms with Gasteiger partial charge in [-0.3, -0.25) is 4.90 Å². The normalized spacial score (nSPS) is 24.1. The highest BCUT2D eigenvalue weighted by molar-refractivity contribution is 7.90. The Morgan fingerprint density at radius 2 is 1.81 bits per heavy atom. The standard InChI is InChI=1S/C17H19ClN2O5S/c18-13-4-6-14(7-5-13)25-15-8-3-12(16(21)22)11-17(15,26(19,23)24)20-9-1-2-10-20/h3-8H,1-2,9-11H2,(H,21,22)(H2,19,23,24). The van der Waals surface area contributed by atoms with E-state index in [1.807, 2.05) is 0 Å². The first-order valence-corrected chi connectivity index (χ1v) is 10.0. The zero-order valence-corrected chi connectivity index (χ0v) is 15.5. The van der Waals surface area contributed by atoms with Gasteiger partial charge in [-0.05, 0) is 49.3 Å². The third-order valence-corrected chi connectivity index (χ3v) is 6.45. The van der Waals surface area contributed by atoms with Crippen LogP contribution in [0.5, 0.6) is 5.75 Å². The monoisotopic (exact) mass is 398 g/mol. The smallest absolute Gasteiger partial charge is 0.331 e. The van der Waals surface area contributed by atoms with Gasteiger partial charge in [-0.25, -0.2) is 18.4 Å². The lowest BCUT2D eigenvalue weighted by atomic mass is 9.96. The van der Waals surface area contributed by atoms with Gasteiger partial charge in [0.2, 0.25) is 14.9 Å². The first kappa shape index (κ1) is 18.9. The quantitative estimate of drug-likeness (QED) is 0.785. The molecule has 0 spiro atoms. The van der Waals surface area contributed by atoms with Crippen LogP contribution in [0.1, 0.15) is 19.3 Å². The van der Waals surface area contributed by atoms with Crippen molar-refractivity contribution in [1.82, 2.24) is 4.90 Å². The minimum Gasteiger partial charge on any atom is -0.478 e. The van der Waals surface area contributed by atoms with E-state index >= 15 is 0 Å². The summed E-state index contributed by atoms with van der Waals surface area (Å²) in [5.74, 6) is -0.701. The van der Waals surface area contributed by atoms with E-state index in [0.717, 1.165) is 12.8 Å². The molecular formula is C17H19ClN2O5S. The summed E-state index contributed by atoms with van der Waals surface area (Å²) in [7, 11) is -4.21. The Balaban J connectivity index is 2.11. The number of likely N-dealkylation sites (tertiary alicyclic amines) is 1. The Bertz CT molecular complexity index is 873. The molecule has 9 heteroatoms. The molecule has 1 aromatic carbocycles. The molecular weight excluding hydrogens is 380 g/mol. The number of carboxylic acids is 1. The van der Waals surface area contributed by atoms with Crippen molar-refractivity contribution in [3.63, 3.8) is 0 Å². The number of carboxylic acid groups (broad SMARTS) is 1. The molecule has 1 fully saturated rings. The fourth-order valence-electron chi connectivity index (χ4n) is 3.37. The summed E-state index contributed by atoms with van der Waals surface area (Å²) < 4.78 is 31.2. The predicted octanol–water partition coefficient (Wildman–Crippen LogP) is 2.10. The molecule has 0 radical (unpaired) electrons. The lowest BCUT2D eigenvalue weighted by Crippen LogP contribution is -2.59. The minimum absolute atomic E-state index is 0.0330. The number of rotatable bonds is 5. The van der Waals surface area contributed by atoms with Crippen LogP contribution in [0.25, 0.3) is 0 Å². The third-order valence-electron chi connectivity index (χ3n) is 4.65. The van der Waals surface area contributed by atoms with Crippen LogP contribution in [0, 0.1) is 0 Å². The average molecular weight is 399 g/mol. The van der Waals surface area contributed by atoms with Gasteiger partial charge < -0.3 is 9.84 Å². The lowest BCUT2D eigenvalue weighted by molar-refractivity contribution is -0.133. The summed E-state index contributed by atoms with van der Waals surface area (Å²) in [5.41, 5.74) is -0.0330. The Kier molecular flexibility index (Phi) is 5.12.